The molecule has 2 N–H and O–H groups in total. The molecule has 0 aliphatic carbocycles. The minimum Gasteiger partial charge on any atom is -0.338 e. The van der Waals surface area contributed by atoms with Gasteiger partial charge in [0.25, 0.3) is 0 Å². The van der Waals surface area contributed by atoms with E-state index in [-0.39, 0.29) is 5.91 Å². The molecule has 0 fully saturated rings. The van der Waals surface area contributed by atoms with Crippen molar-refractivity contribution in [2.24, 2.45) is 0 Å². The number of hydrogen-bond acceptors (Lipinski definition) is 2. The summed E-state index contributed by atoms with van der Waals surface area (Å²) in [6.45, 7) is 4.01. The highest BCUT2D eigenvalue weighted by Gasteiger charge is 2.01. The summed E-state index contributed by atoms with van der Waals surface area (Å²) in [6, 6.07) is -0.422. The zero-order valence-corrected chi connectivity index (χ0v) is 6.23. The van der Waals surface area contributed by atoms with E-state index in [0.717, 1.165) is 0 Å². The van der Waals surface area contributed by atoms with Crippen molar-refractivity contribution >= 4 is 11.9 Å². The molecule has 0 saturated carbocycles. The number of nitrogens with one attached hydrogen (secondary N) is 2. The maximum Gasteiger partial charge on any atom is 0.321 e. The van der Waals surface area contributed by atoms with Gasteiger partial charge >= 0.3 is 6.03 Å². The third-order valence-electron chi connectivity index (χ3n) is 0.911. The first kappa shape index (κ1) is 8.94. The number of rotatable bonds is 2. The fraction of sp³-hybridized carbons (Fsp3) is 0.667. The third-order valence-corrected chi connectivity index (χ3v) is 0.911. The van der Waals surface area contributed by atoms with Crippen LogP contribution in [0, 0.1) is 0 Å². The van der Waals surface area contributed by atoms with E-state index in [1.807, 2.05) is 0 Å². The number of urea groups is 1. The Morgan fingerprint density at radius 1 is 1.30 bits per heavy atom. The minimum atomic E-state index is -0.422. The molecule has 0 bridgehead atoms. The molecule has 0 unspecified atom stereocenters. The lowest BCUT2D eigenvalue weighted by Gasteiger charge is -2.01. The smallest absolute Gasteiger partial charge is 0.321 e. The van der Waals surface area contributed by atoms with Gasteiger partial charge in [-0.2, -0.15) is 0 Å². The summed E-state index contributed by atoms with van der Waals surface area (Å²) in [5, 5.41) is 4.58. The SMILES string of the molecule is CCNC(=O)NC(=O)CC. The summed E-state index contributed by atoms with van der Waals surface area (Å²) < 4.78 is 0. The highest BCUT2D eigenvalue weighted by molar-refractivity contribution is 5.93. The van der Waals surface area contributed by atoms with Crippen molar-refractivity contribution in [1.82, 2.24) is 10.6 Å². The highest BCUT2D eigenvalue weighted by atomic mass is 16.2. The molecule has 0 atom stereocenters. The van der Waals surface area contributed by atoms with Gasteiger partial charge in [0.2, 0.25) is 5.91 Å². The molecule has 0 rings (SSSR count). The van der Waals surface area contributed by atoms with Crippen molar-refractivity contribution in [3.8, 4) is 0 Å². The Labute approximate surface area is 60.0 Å². The molecule has 0 aliphatic heterocycles. The number of carbonyl (C=O) groups excluding carboxylic acids is 2. The van der Waals surface area contributed by atoms with E-state index in [0.29, 0.717) is 13.0 Å². The number of carbonyl (C=O) groups is 2. The third kappa shape index (κ3) is 3.88. The van der Waals surface area contributed by atoms with Crippen LogP contribution in [0.4, 0.5) is 4.79 Å². The molecular weight excluding hydrogens is 132 g/mol. The van der Waals surface area contributed by atoms with Gasteiger partial charge in [-0.25, -0.2) is 4.79 Å². The average Bonchev–Trinajstić information content (AvgIpc) is 1.88. The second-order valence-corrected chi connectivity index (χ2v) is 1.76. The van der Waals surface area contributed by atoms with Crippen LogP contribution in [0.15, 0.2) is 0 Å². The zero-order chi connectivity index (χ0) is 7.98. The van der Waals surface area contributed by atoms with Crippen molar-refractivity contribution in [2.75, 3.05) is 6.54 Å². The van der Waals surface area contributed by atoms with Crippen molar-refractivity contribution < 1.29 is 9.59 Å². The van der Waals surface area contributed by atoms with Gasteiger partial charge in [-0.3, -0.25) is 10.1 Å². The van der Waals surface area contributed by atoms with E-state index in [1.165, 1.54) is 0 Å². The topological polar surface area (TPSA) is 58.2 Å². The maximum atomic E-state index is 10.6. The van der Waals surface area contributed by atoms with Crippen molar-refractivity contribution in [3.63, 3.8) is 0 Å². The summed E-state index contributed by atoms with van der Waals surface area (Å²) in [7, 11) is 0. The maximum absolute atomic E-state index is 10.6. The summed E-state index contributed by atoms with van der Waals surface area (Å²) in [6.07, 6.45) is 0.330. The quantitative estimate of drug-likeness (QED) is 0.583. The fourth-order valence-electron chi connectivity index (χ4n) is 0.420. The summed E-state index contributed by atoms with van der Waals surface area (Å²) in [5.74, 6) is -0.258. The van der Waals surface area contributed by atoms with Gasteiger partial charge in [-0.1, -0.05) is 6.92 Å². The van der Waals surface area contributed by atoms with E-state index in [4.69, 9.17) is 0 Å². The Morgan fingerprint density at radius 2 is 1.90 bits per heavy atom. The van der Waals surface area contributed by atoms with Crippen LogP contribution in [0.5, 0.6) is 0 Å². The number of hydrogen-bond donors (Lipinski definition) is 2. The standard InChI is InChI=1S/C6H12N2O2/c1-3-5(9)8-6(10)7-4-2/h3-4H2,1-2H3,(H2,7,8,9,10). The molecule has 0 aromatic heterocycles. The van der Waals surface area contributed by atoms with Crippen LogP contribution in [-0.4, -0.2) is 18.5 Å². The molecule has 0 heterocycles. The summed E-state index contributed by atoms with van der Waals surface area (Å²) >= 11 is 0. The number of imide groups is 1. The average molecular weight is 144 g/mol. The van der Waals surface area contributed by atoms with E-state index in [9.17, 15) is 9.59 Å². The van der Waals surface area contributed by atoms with E-state index in [1.54, 1.807) is 13.8 Å². The molecule has 0 saturated heterocycles. The fourth-order valence-corrected chi connectivity index (χ4v) is 0.420. The molecular formula is C6H12N2O2. The molecule has 0 spiro atoms. The summed E-state index contributed by atoms with van der Waals surface area (Å²) in [4.78, 5) is 21.1. The van der Waals surface area contributed by atoms with Gasteiger partial charge in [0, 0.05) is 13.0 Å². The number of amides is 3. The van der Waals surface area contributed by atoms with Crippen LogP contribution in [0.2, 0.25) is 0 Å². The van der Waals surface area contributed by atoms with Crippen molar-refractivity contribution in [1.29, 1.82) is 0 Å². The molecule has 4 nitrogen and oxygen atoms in total. The van der Waals surface area contributed by atoms with Gasteiger partial charge in [0.05, 0.1) is 0 Å². The van der Waals surface area contributed by atoms with Crippen LogP contribution in [0.1, 0.15) is 20.3 Å². The lowest BCUT2D eigenvalue weighted by molar-refractivity contribution is -0.119. The van der Waals surface area contributed by atoms with Gasteiger partial charge in [-0.05, 0) is 6.92 Å². The van der Waals surface area contributed by atoms with Crippen LogP contribution < -0.4 is 10.6 Å². The Bertz CT molecular complexity index is 134. The molecule has 0 aromatic rings. The Kier molecular flexibility index (Phi) is 4.28. The molecule has 4 heteroatoms. The molecule has 58 valence electrons. The van der Waals surface area contributed by atoms with Crippen LogP contribution in [-0.2, 0) is 4.79 Å². The Morgan fingerprint density at radius 3 is 2.30 bits per heavy atom. The van der Waals surface area contributed by atoms with Crippen LogP contribution in [0.3, 0.4) is 0 Å². The van der Waals surface area contributed by atoms with Gasteiger partial charge in [0.1, 0.15) is 0 Å². The molecule has 10 heavy (non-hydrogen) atoms. The van der Waals surface area contributed by atoms with Crippen molar-refractivity contribution in [3.05, 3.63) is 0 Å². The zero-order valence-electron chi connectivity index (χ0n) is 6.23. The van der Waals surface area contributed by atoms with E-state index >= 15 is 0 Å². The molecule has 0 aromatic carbocycles. The predicted octanol–water partition coefficient (Wildman–Crippen LogP) is 0.242. The Hall–Kier alpha value is -1.06. The second kappa shape index (κ2) is 4.78. The lowest BCUT2D eigenvalue weighted by Crippen LogP contribution is -2.38. The lowest BCUT2D eigenvalue weighted by atomic mass is 10.5. The van der Waals surface area contributed by atoms with Crippen LogP contribution in [0.25, 0.3) is 0 Å². The van der Waals surface area contributed by atoms with Gasteiger partial charge in [-0.15, -0.1) is 0 Å². The first-order chi connectivity index (χ1) is 4.70. The Balaban J connectivity index is 3.47. The molecule has 0 radical (unpaired) electrons. The van der Waals surface area contributed by atoms with E-state index in [2.05, 4.69) is 10.6 Å². The van der Waals surface area contributed by atoms with Gasteiger partial charge in [0.15, 0.2) is 0 Å². The van der Waals surface area contributed by atoms with Crippen LogP contribution >= 0.6 is 0 Å². The second-order valence-electron chi connectivity index (χ2n) is 1.76. The minimum absolute atomic E-state index is 0.258. The van der Waals surface area contributed by atoms with E-state index < -0.39 is 6.03 Å². The predicted molar refractivity (Wildman–Crippen MR) is 37.5 cm³/mol. The molecule has 0 aliphatic rings. The normalized spacial score (nSPS) is 8.60. The molecule has 3 amide bonds. The summed E-state index contributed by atoms with van der Waals surface area (Å²) in [5.41, 5.74) is 0. The van der Waals surface area contributed by atoms with Gasteiger partial charge < -0.3 is 5.32 Å². The largest absolute Gasteiger partial charge is 0.338 e. The first-order valence-electron chi connectivity index (χ1n) is 3.28. The van der Waals surface area contributed by atoms with Crippen molar-refractivity contribution in [2.45, 2.75) is 20.3 Å². The highest BCUT2D eigenvalue weighted by Crippen LogP contribution is 1.73. The monoisotopic (exact) mass is 144 g/mol. The first-order valence-corrected chi connectivity index (χ1v) is 3.28.